The summed E-state index contributed by atoms with van der Waals surface area (Å²) in [7, 11) is 0. The second-order valence-electron chi connectivity index (χ2n) is 3.52. The van der Waals surface area contributed by atoms with E-state index < -0.39 is 5.97 Å². The minimum atomic E-state index is -1.02. The van der Waals surface area contributed by atoms with E-state index in [2.05, 4.69) is 15.5 Å². The lowest BCUT2D eigenvalue weighted by molar-refractivity contribution is -0.116. The van der Waals surface area contributed by atoms with E-state index in [4.69, 9.17) is 5.11 Å². The molecule has 0 bridgehead atoms. The Balaban J connectivity index is 2.19. The van der Waals surface area contributed by atoms with Crippen LogP contribution < -0.4 is 5.32 Å². The molecule has 1 fully saturated rings. The second kappa shape index (κ2) is 6.15. The van der Waals surface area contributed by atoms with E-state index in [1.165, 1.54) is 18.0 Å². The van der Waals surface area contributed by atoms with Gasteiger partial charge in [-0.2, -0.15) is 5.10 Å². The molecule has 0 aliphatic carbocycles. The van der Waals surface area contributed by atoms with Gasteiger partial charge in [0.2, 0.25) is 5.91 Å². The van der Waals surface area contributed by atoms with E-state index >= 15 is 0 Å². The van der Waals surface area contributed by atoms with E-state index in [1.54, 1.807) is 18.2 Å². The Morgan fingerprint density at radius 1 is 1.53 bits per heavy atom. The van der Waals surface area contributed by atoms with Crippen LogP contribution in [0.5, 0.6) is 0 Å². The molecule has 6 nitrogen and oxygen atoms in total. The number of hydrogen-bond acceptors (Lipinski definition) is 5. The molecule has 1 aliphatic rings. The predicted octanol–water partition coefficient (Wildman–Crippen LogP) is 1.54. The Bertz CT molecular complexity index is 601. The molecule has 1 aromatic carbocycles. The van der Waals surface area contributed by atoms with Crippen molar-refractivity contribution in [3.05, 3.63) is 32.9 Å². The molecule has 19 heavy (non-hydrogen) atoms. The maximum Gasteiger partial charge on any atom is 0.336 e. The highest BCUT2D eigenvalue weighted by Crippen LogP contribution is 2.13. The average Bonchev–Trinajstić information content (AvgIpc) is 2.77. The van der Waals surface area contributed by atoms with Gasteiger partial charge in [-0.25, -0.2) is 4.79 Å². The van der Waals surface area contributed by atoms with E-state index in [-0.39, 0.29) is 11.5 Å². The fourth-order valence-corrected chi connectivity index (χ4v) is 2.47. The molecule has 1 heterocycles. The van der Waals surface area contributed by atoms with Crippen LogP contribution in [0.2, 0.25) is 0 Å². The summed E-state index contributed by atoms with van der Waals surface area (Å²) in [5, 5.41) is 19.6. The summed E-state index contributed by atoms with van der Waals surface area (Å²) in [6.07, 6.45) is 1.36. The van der Waals surface area contributed by atoms with Gasteiger partial charge in [0.15, 0.2) is 5.17 Å². The smallest absolute Gasteiger partial charge is 0.336 e. The Morgan fingerprint density at radius 2 is 2.32 bits per heavy atom. The van der Waals surface area contributed by atoms with E-state index in [9.17, 15) is 9.59 Å². The van der Waals surface area contributed by atoms with Crippen molar-refractivity contribution in [3.8, 4) is 0 Å². The minimum Gasteiger partial charge on any atom is -0.478 e. The quantitative estimate of drug-likeness (QED) is 0.466. The van der Waals surface area contributed by atoms with Crippen molar-refractivity contribution >= 4 is 57.6 Å². The molecule has 8 heteroatoms. The van der Waals surface area contributed by atoms with Crippen LogP contribution in [-0.2, 0) is 4.79 Å². The molecule has 0 spiro atoms. The van der Waals surface area contributed by atoms with Crippen LogP contribution >= 0.6 is 34.4 Å². The monoisotopic (exact) mass is 389 g/mol. The molecule has 2 N–H and O–H groups in total. The van der Waals surface area contributed by atoms with Gasteiger partial charge in [0.25, 0.3) is 0 Å². The van der Waals surface area contributed by atoms with Crippen molar-refractivity contribution in [1.82, 2.24) is 5.32 Å². The molecule has 0 atom stereocenters. The first-order chi connectivity index (χ1) is 9.06. The Morgan fingerprint density at radius 3 is 2.95 bits per heavy atom. The fraction of sp³-hybridized carbons (Fsp3) is 0.0909. The number of amidine groups is 1. The van der Waals surface area contributed by atoms with E-state index in [1.807, 2.05) is 22.6 Å². The summed E-state index contributed by atoms with van der Waals surface area (Å²) >= 11 is 3.30. The van der Waals surface area contributed by atoms with Crippen LogP contribution in [0.4, 0.5) is 0 Å². The van der Waals surface area contributed by atoms with Gasteiger partial charge in [0.1, 0.15) is 0 Å². The normalized spacial score (nSPS) is 17.1. The molecule has 0 aromatic heterocycles. The van der Waals surface area contributed by atoms with Crippen molar-refractivity contribution in [3.63, 3.8) is 0 Å². The van der Waals surface area contributed by atoms with Crippen molar-refractivity contribution < 1.29 is 14.7 Å². The average molecular weight is 389 g/mol. The van der Waals surface area contributed by atoms with Crippen molar-refractivity contribution in [2.24, 2.45) is 10.2 Å². The first kappa shape index (κ1) is 14.0. The number of rotatable bonds is 3. The molecule has 1 aliphatic heterocycles. The minimum absolute atomic E-state index is 0.112. The van der Waals surface area contributed by atoms with Gasteiger partial charge in [-0.15, -0.1) is 5.10 Å². The highest BCUT2D eigenvalue weighted by Gasteiger charge is 2.16. The van der Waals surface area contributed by atoms with Crippen molar-refractivity contribution in [2.75, 3.05) is 5.75 Å². The van der Waals surface area contributed by atoms with Crippen LogP contribution in [-0.4, -0.2) is 34.1 Å². The summed E-state index contributed by atoms with van der Waals surface area (Å²) in [6, 6.07) is 5.01. The standard InChI is InChI=1S/C11H8IN3O3S/c12-7-2-1-6(8(3-7)10(17)18)4-13-15-11-14-9(16)5-19-11/h1-4H,5H2,(H,17,18)(H,14,15,16). The molecule has 0 radical (unpaired) electrons. The number of carbonyl (C=O) groups excluding carboxylic acids is 1. The number of nitrogens with zero attached hydrogens (tertiary/aromatic N) is 2. The molecule has 1 aromatic rings. The maximum absolute atomic E-state index is 11.1. The zero-order valence-electron chi connectivity index (χ0n) is 9.46. The van der Waals surface area contributed by atoms with Gasteiger partial charge < -0.3 is 10.4 Å². The maximum atomic E-state index is 11.1. The highest BCUT2D eigenvalue weighted by atomic mass is 127. The van der Waals surface area contributed by atoms with Gasteiger partial charge in [-0.05, 0) is 34.7 Å². The summed E-state index contributed by atoms with van der Waals surface area (Å²) in [5.41, 5.74) is 0.630. The third-order valence-electron chi connectivity index (χ3n) is 2.18. The first-order valence-corrected chi connectivity index (χ1v) is 7.19. The number of hydrogen-bond donors (Lipinski definition) is 2. The molecular formula is C11H8IN3O3S. The predicted molar refractivity (Wildman–Crippen MR) is 81.7 cm³/mol. The molecule has 1 amide bonds. The van der Waals surface area contributed by atoms with Crippen molar-refractivity contribution in [2.45, 2.75) is 0 Å². The number of carbonyl (C=O) groups is 2. The first-order valence-electron chi connectivity index (χ1n) is 5.13. The summed E-state index contributed by atoms with van der Waals surface area (Å²) in [5.74, 6) is -0.797. The van der Waals surface area contributed by atoms with Crippen LogP contribution in [0.3, 0.4) is 0 Å². The largest absolute Gasteiger partial charge is 0.478 e. The van der Waals surface area contributed by atoms with Crippen molar-refractivity contribution in [1.29, 1.82) is 0 Å². The van der Waals surface area contributed by atoms with Crippen LogP contribution in [0.1, 0.15) is 15.9 Å². The lowest BCUT2D eigenvalue weighted by atomic mass is 10.1. The number of nitrogens with one attached hydrogen (secondary N) is 1. The van der Waals surface area contributed by atoms with Gasteiger partial charge in [-0.1, -0.05) is 17.8 Å². The third-order valence-corrected chi connectivity index (χ3v) is 3.71. The van der Waals surface area contributed by atoms with E-state index in [0.29, 0.717) is 16.5 Å². The lowest BCUT2D eigenvalue weighted by Crippen LogP contribution is -2.19. The SMILES string of the molecule is O=C1CSC(=NN=Cc2ccc(I)cc2C(=O)O)N1. The van der Waals surface area contributed by atoms with E-state index in [0.717, 1.165) is 3.57 Å². The number of carboxylic acids is 1. The number of amides is 1. The molecule has 98 valence electrons. The Labute approximate surface area is 126 Å². The van der Waals surface area contributed by atoms with Crippen LogP contribution in [0.25, 0.3) is 0 Å². The summed E-state index contributed by atoms with van der Waals surface area (Å²) < 4.78 is 0.831. The number of aromatic carboxylic acids is 1. The van der Waals surface area contributed by atoms with Gasteiger partial charge in [0, 0.05) is 9.13 Å². The topological polar surface area (TPSA) is 91.1 Å². The van der Waals surface area contributed by atoms with Gasteiger partial charge in [-0.3, -0.25) is 4.79 Å². The molecule has 0 saturated carbocycles. The lowest BCUT2D eigenvalue weighted by Gasteiger charge is -2.00. The van der Waals surface area contributed by atoms with Gasteiger partial charge in [0.05, 0.1) is 17.5 Å². The zero-order chi connectivity index (χ0) is 13.8. The third kappa shape index (κ3) is 3.77. The van der Waals surface area contributed by atoms with Crippen LogP contribution in [0.15, 0.2) is 28.4 Å². The summed E-state index contributed by atoms with van der Waals surface area (Å²) in [4.78, 5) is 22.0. The van der Waals surface area contributed by atoms with Gasteiger partial charge >= 0.3 is 5.97 Å². The number of thioether (sulfide) groups is 1. The molecular weight excluding hydrogens is 381 g/mol. The number of halogens is 1. The number of carboxylic acid groups (broad SMARTS) is 1. The number of benzene rings is 1. The summed E-state index contributed by atoms with van der Waals surface area (Å²) in [6.45, 7) is 0. The molecule has 1 saturated heterocycles. The molecule has 2 rings (SSSR count). The van der Waals surface area contributed by atoms with Crippen LogP contribution in [0, 0.1) is 3.57 Å². The zero-order valence-corrected chi connectivity index (χ0v) is 12.4. The fourth-order valence-electron chi connectivity index (χ4n) is 1.35. The highest BCUT2D eigenvalue weighted by molar-refractivity contribution is 14.1. The second-order valence-corrected chi connectivity index (χ2v) is 5.73. The molecule has 0 unspecified atom stereocenters. The Hall–Kier alpha value is -1.42. The Kier molecular flexibility index (Phi) is 4.53.